The maximum absolute atomic E-state index is 12.9. The lowest BCUT2D eigenvalue weighted by atomic mass is 10.2. The Morgan fingerprint density at radius 1 is 1.09 bits per heavy atom. The molecule has 3 rings (SSSR count). The van der Waals surface area contributed by atoms with Gasteiger partial charge in [0.05, 0.1) is 49.7 Å². The van der Waals surface area contributed by atoms with Gasteiger partial charge in [0.1, 0.15) is 5.01 Å². The Hall–Kier alpha value is -2.98. The van der Waals surface area contributed by atoms with Gasteiger partial charge in [-0.3, -0.25) is 4.79 Å². The molecule has 1 aromatic heterocycles. The third-order valence-corrected chi connectivity index (χ3v) is 5.64. The highest BCUT2D eigenvalue weighted by molar-refractivity contribution is 7.13. The molecule has 1 amide bonds. The zero-order valence-corrected chi connectivity index (χ0v) is 18.7. The fourth-order valence-corrected chi connectivity index (χ4v) is 3.85. The van der Waals surface area contributed by atoms with E-state index in [0.29, 0.717) is 33.5 Å². The minimum Gasteiger partial charge on any atom is -0.493 e. The molecule has 6 nitrogen and oxygen atoms in total. The molecule has 170 valence electrons. The molecule has 0 radical (unpaired) electrons. The summed E-state index contributed by atoms with van der Waals surface area (Å²) in [5, 5.41) is 4.70. The molecule has 0 bridgehead atoms. The lowest BCUT2D eigenvalue weighted by Crippen LogP contribution is -2.16. The predicted octanol–water partition coefficient (Wildman–Crippen LogP) is 5.69. The summed E-state index contributed by atoms with van der Waals surface area (Å²) in [5.41, 5.74) is 0.110. The molecule has 0 aliphatic heterocycles. The summed E-state index contributed by atoms with van der Waals surface area (Å²) in [6, 6.07) is 6.19. The summed E-state index contributed by atoms with van der Waals surface area (Å²) in [7, 11) is 4.49. The highest BCUT2D eigenvalue weighted by Gasteiger charge is 2.31. The Morgan fingerprint density at radius 3 is 2.31 bits per heavy atom. The molecule has 1 heterocycles. The van der Waals surface area contributed by atoms with Gasteiger partial charge in [-0.05, 0) is 30.3 Å². The summed E-state index contributed by atoms with van der Waals surface area (Å²) in [6.07, 6.45) is -4.69. The normalized spacial score (nSPS) is 11.2. The summed E-state index contributed by atoms with van der Waals surface area (Å²) in [6.45, 7) is 0. The number of methoxy groups -OCH3 is 3. The molecule has 0 unspecified atom stereocenters. The number of nitrogens with zero attached hydrogens (tertiary/aromatic N) is 1. The number of rotatable bonds is 7. The maximum Gasteiger partial charge on any atom is 0.416 e. The van der Waals surface area contributed by atoms with E-state index >= 15 is 0 Å². The number of halogens is 4. The number of ether oxygens (including phenoxy) is 3. The standard InChI is InChI=1S/C21H18ClF3N2O4S/c1-29-16-6-11(7-17(30-2)19(16)31-3)20-26-13(10-32-20)9-18(28)27-15-8-12(21(23,24)25)4-5-14(15)22/h4-8,10H,9H2,1-3H3,(H,27,28). The first-order valence-electron chi connectivity index (χ1n) is 9.07. The van der Waals surface area contributed by atoms with Crippen LogP contribution in [0.15, 0.2) is 35.7 Å². The lowest BCUT2D eigenvalue weighted by Gasteiger charge is -2.13. The van der Waals surface area contributed by atoms with Gasteiger partial charge in [0, 0.05) is 10.9 Å². The van der Waals surface area contributed by atoms with E-state index in [-0.39, 0.29) is 17.1 Å². The number of alkyl halides is 3. The van der Waals surface area contributed by atoms with E-state index in [9.17, 15) is 18.0 Å². The van der Waals surface area contributed by atoms with Gasteiger partial charge in [0.25, 0.3) is 0 Å². The second-order valence-corrected chi connectivity index (χ2v) is 7.74. The van der Waals surface area contributed by atoms with Crippen molar-refractivity contribution in [3.63, 3.8) is 0 Å². The first kappa shape index (κ1) is 23.7. The quantitative estimate of drug-likeness (QED) is 0.464. The van der Waals surface area contributed by atoms with E-state index in [1.807, 2.05) is 0 Å². The number of anilines is 1. The Bertz CT molecular complexity index is 1110. The van der Waals surface area contributed by atoms with Crippen LogP contribution in [0.1, 0.15) is 11.3 Å². The number of aromatic nitrogens is 1. The molecule has 0 spiro atoms. The monoisotopic (exact) mass is 486 g/mol. The number of thiazole rings is 1. The van der Waals surface area contributed by atoms with Crippen molar-refractivity contribution in [2.45, 2.75) is 12.6 Å². The van der Waals surface area contributed by atoms with Crippen LogP contribution in [-0.4, -0.2) is 32.2 Å². The van der Waals surface area contributed by atoms with Gasteiger partial charge < -0.3 is 19.5 Å². The highest BCUT2D eigenvalue weighted by Crippen LogP contribution is 2.41. The molecular weight excluding hydrogens is 469 g/mol. The molecule has 1 N–H and O–H groups in total. The number of carbonyl (C=O) groups is 1. The minimum absolute atomic E-state index is 0.00254. The van der Waals surface area contributed by atoms with Crippen molar-refractivity contribution in [3.05, 3.63) is 52.0 Å². The SMILES string of the molecule is COc1cc(-c2nc(CC(=O)Nc3cc(C(F)(F)F)ccc3Cl)cs2)cc(OC)c1OC. The van der Waals surface area contributed by atoms with Gasteiger partial charge in [-0.1, -0.05) is 11.6 Å². The number of benzene rings is 2. The van der Waals surface area contributed by atoms with Crippen molar-refractivity contribution in [2.75, 3.05) is 26.6 Å². The average Bonchev–Trinajstić information content (AvgIpc) is 3.21. The molecule has 0 aliphatic rings. The largest absolute Gasteiger partial charge is 0.493 e. The molecule has 2 aromatic carbocycles. The van der Waals surface area contributed by atoms with E-state index in [1.165, 1.54) is 32.7 Å². The summed E-state index contributed by atoms with van der Waals surface area (Å²) in [4.78, 5) is 16.8. The van der Waals surface area contributed by atoms with Crippen molar-refractivity contribution in [1.29, 1.82) is 0 Å². The molecule has 0 aliphatic carbocycles. The summed E-state index contributed by atoms with van der Waals surface area (Å²) in [5.74, 6) is 0.798. The average molecular weight is 487 g/mol. The van der Waals surface area contributed by atoms with Crippen LogP contribution < -0.4 is 19.5 Å². The van der Waals surface area contributed by atoms with Gasteiger partial charge in [-0.2, -0.15) is 13.2 Å². The van der Waals surface area contributed by atoms with Crippen LogP contribution in [0, 0.1) is 0 Å². The second-order valence-electron chi connectivity index (χ2n) is 6.48. The van der Waals surface area contributed by atoms with Gasteiger partial charge in [-0.25, -0.2) is 4.98 Å². The van der Waals surface area contributed by atoms with E-state index in [2.05, 4.69) is 10.3 Å². The topological polar surface area (TPSA) is 69.7 Å². The summed E-state index contributed by atoms with van der Waals surface area (Å²) < 4.78 is 54.7. The van der Waals surface area contributed by atoms with Gasteiger partial charge in [0.15, 0.2) is 11.5 Å². The van der Waals surface area contributed by atoms with Gasteiger partial charge in [-0.15, -0.1) is 11.3 Å². The highest BCUT2D eigenvalue weighted by atomic mass is 35.5. The molecule has 0 fully saturated rings. The smallest absolute Gasteiger partial charge is 0.416 e. The van der Waals surface area contributed by atoms with Crippen LogP contribution in [0.3, 0.4) is 0 Å². The number of nitrogens with one attached hydrogen (secondary N) is 1. The van der Waals surface area contributed by atoms with E-state index in [1.54, 1.807) is 17.5 Å². The Labute approximate surface area is 190 Å². The third-order valence-electron chi connectivity index (χ3n) is 4.37. The van der Waals surface area contributed by atoms with E-state index in [0.717, 1.165) is 18.2 Å². The van der Waals surface area contributed by atoms with Crippen LogP contribution in [0.25, 0.3) is 10.6 Å². The predicted molar refractivity (Wildman–Crippen MR) is 116 cm³/mol. The molecule has 3 aromatic rings. The van der Waals surface area contributed by atoms with Gasteiger partial charge >= 0.3 is 6.18 Å². The fourth-order valence-electron chi connectivity index (χ4n) is 2.88. The first-order chi connectivity index (χ1) is 15.2. The zero-order chi connectivity index (χ0) is 23.5. The van der Waals surface area contributed by atoms with Crippen LogP contribution in [0.5, 0.6) is 17.2 Å². The third kappa shape index (κ3) is 5.25. The molecule has 0 saturated heterocycles. The number of hydrogen-bond acceptors (Lipinski definition) is 6. The van der Waals surface area contributed by atoms with Gasteiger partial charge in [0.2, 0.25) is 11.7 Å². The zero-order valence-electron chi connectivity index (χ0n) is 17.2. The first-order valence-corrected chi connectivity index (χ1v) is 10.3. The van der Waals surface area contributed by atoms with E-state index in [4.69, 9.17) is 25.8 Å². The van der Waals surface area contributed by atoms with Crippen molar-refractivity contribution >= 4 is 34.5 Å². The van der Waals surface area contributed by atoms with Crippen molar-refractivity contribution in [3.8, 4) is 27.8 Å². The lowest BCUT2D eigenvalue weighted by molar-refractivity contribution is -0.137. The van der Waals surface area contributed by atoms with Crippen LogP contribution in [-0.2, 0) is 17.4 Å². The Balaban J connectivity index is 1.78. The fraction of sp³-hybridized carbons (Fsp3) is 0.238. The second kappa shape index (κ2) is 9.66. The Kier molecular flexibility index (Phi) is 7.15. The van der Waals surface area contributed by atoms with Crippen molar-refractivity contribution in [2.24, 2.45) is 0 Å². The van der Waals surface area contributed by atoms with Crippen molar-refractivity contribution in [1.82, 2.24) is 4.98 Å². The molecule has 32 heavy (non-hydrogen) atoms. The Morgan fingerprint density at radius 2 is 1.75 bits per heavy atom. The number of hydrogen-bond donors (Lipinski definition) is 1. The van der Waals surface area contributed by atoms with Crippen LogP contribution in [0.4, 0.5) is 18.9 Å². The molecular formula is C21H18ClF3N2O4S. The van der Waals surface area contributed by atoms with Crippen LogP contribution >= 0.6 is 22.9 Å². The van der Waals surface area contributed by atoms with E-state index < -0.39 is 17.6 Å². The number of amides is 1. The summed E-state index contributed by atoms with van der Waals surface area (Å²) >= 11 is 7.22. The number of carbonyl (C=O) groups excluding carboxylic acids is 1. The minimum atomic E-state index is -4.55. The molecule has 11 heteroatoms. The van der Waals surface area contributed by atoms with Crippen molar-refractivity contribution < 1.29 is 32.2 Å². The molecule has 0 atom stereocenters. The molecule has 0 saturated carbocycles. The van der Waals surface area contributed by atoms with Crippen LogP contribution in [0.2, 0.25) is 5.02 Å². The maximum atomic E-state index is 12.9.